The number of nitrogens with zero attached hydrogens (tertiary/aromatic N) is 1. The first kappa shape index (κ1) is 13.1. The fraction of sp³-hybridized carbons (Fsp3) is 0.647. The molecule has 1 heterocycles. The normalized spacial score (nSPS) is 29.7. The molecule has 2 heteroatoms. The molecule has 2 atom stereocenters. The second kappa shape index (κ2) is 6.06. The predicted molar refractivity (Wildman–Crippen MR) is 79.8 cm³/mol. The highest BCUT2D eigenvalue weighted by Crippen LogP contribution is 2.34. The summed E-state index contributed by atoms with van der Waals surface area (Å²) in [6, 6.07) is 11.9. The molecule has 2 aliphatic rings. The van der Waals surface area contributed by atoms with E-state index in [2.05, 4.69) is 35.2 Å². The molecule has 2 unspecified atom stereocenters. The maximum absolute atomic E-state index is 6.41. The van der Waals surface area contributed by atoms with Gasteiger partial charge in [0.2, 0.25) is 0 Å². The minimum absolute atomic E-state index is 0.395. The molecule has 1 saturated carbocycles. The van der Waals surface area contributed by atoms with E-state index in [1.165, 1.54) is 50.6 Å². The summed E-state index contributed by atoms with van der Waals surface area (Å²) < 4.78 is 0. The Bertz CT molecular complexity index is 384. The van der Waals surface area contributed by atoms with Crippen molar-refractivity contribution in [2.24, 2.45) is 11.7 Å². The Kier molecular flexibility index (Phi) is 4.19. The van der Waals surface area contributed by atoms with E-state index in [1.54, 1.807) is 0 Å². The van der Waals surface area contributed by atoms with Crippen molar-refractivity contribution in [1.82, 2.24) is 4.90 Å². The number of benzene rings is 1. The summed E-state index contributed by atoms with van der Waals surface area (Å²) in [6.45, 7) is 2.26. The van der Waals surface area contributed by atoms with Crippen LogP contribution in [0, 0.1) is 5.92 Å². The van der Waals surface area contributed by atoms with Crippen molar-refractivity contribution < 1.29 is 0 Å². The highest BCUT2D eigenvalue weighted by Gasteiger charge is 2.37. The maximum atomic E-state index is 6.41. The van der Waals surface area contributed by atoms with Crippen LogP contribution in [0.4, 0.5) is 0 Å². The minimum Gasteiger partial charge on any atom is -0.326 e. The predicted octanol–water partition coefficient (Wildman–Crippen LogP) is 3.17. The van der Waals surface area contributed by atoms with E-state index in [4.69, 9.17) is 5.73 Å². The first-order valence-corrected chi connectivity index (χ1v) is 7.88. The van der Waals surface area contributed by atoms with Crippen LogP contribution in [0.1, 0.15) is 44.1 Å². The molecule has 3 rings (SSSR count). The van der Waals surface area contributed by atoms with Crippen LogP contribution in [0.3, 0.4) is 0 Å². The van der Waals surface area contributed by atoms with Crippen molar-refractivity contribution >= 4 is 0 Å². The number of hydrogen-bond donors (Lipinski definition) is 1. The zero-order valence-electron chi connectivity index (χ0n) is 11.8. The van der Waals surface area contributed by atoms with Gasteiger partial charge in [0, 0.05) is 25.2 Å². The number of rotatable bonds is 3. The summed E-state index contributed by atoms with van der Waals surface area (Å²) in [7, 11) is 0. The van der Waals surface area contributed by atoms with Gasteiger partial charge >= 0.3 is 0 Å². The monoisotopic (exact) mass is 258 g/mol. The smallest absolute Gasteiger partial charge is 0.0279 e. The van der Waals surface area contributed by atoms with Gasteiger partial charge in [-0.25, -0.2) is 0 Å². The van der Waals surface area contributed by atoms with Crippen molar-refractivity contribution in [3.05, 3.63) is 35.9 Å². The molecule has 1 aromatic carbocycles. The third-order valence-corrected chi connectivity index (χ3v) is 4.97. The minimum atomic E-state index is 0.395. The van der Waals surface area contributed by atoms with Crippen molar-refractivity contribution in [3.8, 4) is 0 Å². The Morgan fingerprint density at radius 3 is 2.47 bits per heavy atom. The van der Waals surface area contributed by atoms with Crippen molar-refractivity contribution in [3.63, 3.8) is 0 Å². The summed E-state index contributed by atoms with van der Waals surface area (Å²) in [5.41, 5.74) is 7.84. The first-order valence-electron chi connectivity index (χ1n) is 7.88. The Labute approximate surface area is 117 Å². The van der Waals surface area contributed by atoms with Gasteiger partial charge < -0.3 is 5.73 Å². The standard InChI is InChI=1S/C17H26N2/c18-16-11-12-19(13-14-7-3-1-4-8-14)17(16)15-9-5-2-6-10-15/h1,3-4,7-8,15-17H,2,5-6,9-13,18H2. The lowest BCUT2D eigenvalue weighted by molar-refractivity contribution is 0.142. The average Bonchev–Trinajstić information content (AvgIpc) is 2.82. The molecule has 1 aliphatic carbocycles. The van der Waals surface area contributed by atoms with Crippen molar-refractivity contribution in [1.29, 1.82) is 0 Å². The highest BCUT2D eigenvalue weighted by molar-refractivity contribution is 5.15. The molecule has 1 aromatic rings. The summed E-state index contributed by atoms with van der Waals surface area (Å²) in [6.07, 6.45) is 8.21. The summed E-state index contributed by atoms with van der Waals surface area (Å²) in [5.74, 6) is 0.843. The van der Waals surface area contributed by atoms with Crippen LogP contribution in [0.2, 0.25) is 0 Å². The Morgan fingerprint density at radius 1 is 1.00 bits per heavy atom. The Balaban J connectivity index is 1.69. The third kappa shape index (κ3) is 3.01. The van der Waals surface area contributed by atoms with Gasteiger partial charge in [-0.3, -0.25) is 4.90 Å². The molecule has 2 N–H and O–H groups in total. The molecule has 104 valence electrons. The van der Waals surface area contributed by atoms with Crippen LogP contribution in [0.5, 0.6) is 0 Å². The Morgan fingerprint density at radius 2 is 1.74 bits per heavy atom. The van der Waals surface area contributed by atoms with E-state index in [-0.39, 0.29) is 0 Å². The molecule has 0 amide bonds. The molecule has 1 aliphatic heterocycles. The van der Waals surface area contributed by atoms with Crippen LogP contribution >= 0.6 is 0 Å². The van der Waals surface area contributed by atoms with E-state index >= 15 is 0 Å². The lowest BCUT2D eigenvalue weighted by atomic mass is 9.81. The van der Waals surface area contributed by atoms with Gasteiger partial charge in [0.1, 0.15) is 0 Å². The van der Waals surface area contributed by atoms with E-state index in [9.17, 15) is 0 Å². The number of likely N-dealkylation sites (tertiary alicyclic amines) is 1. The lowest BCUT2D eigenvalue weighted by Gasteiger charge is -2.36. The molecule has 2 fully saturated rings. The summed E-state index contributed by atoms with van der Waals surface area (Å²) in [5, 5.41) is 0. The van der Waals surface area contributed by atoms with E-state index in [0.717, 1.165) is 12.5 Å². The van der Waals surface area contributed by atoms with Gasteiger partial charge in [-0.05, 0) is 30.7 Å². The highest BCUT2D eigenvalue weighted by atomic mass is 15.2. The van der Waals surface area contributed by atoms with Crippen LogP contribution in [-0.4, -0.2) is 23.5 Å². The van der Waals surface area contributed by atoms with Gasteiger partial charge in [-0.15, -0.1) is 0 Å². The average molecular weight is 258 g/mol. The van der Waals surface area contributed by atoms with Crippen LogP contribution < -0.4 is 5.73 Å². The topological polar surface area (TPSA) is 29.3 Å². The first-order chi connectivity index (χ1) is 9.34. The Hall–Kier alpha value is -0.860. The SMILES string of the molecule is NC1CCN(Cc2ccccc2)C1C1CCCCC1. The van der Waals surface area contributed by atoms with Gasteiger partial charge in [-0.2, -0.15) is 0 Å². The molecule has 2 nitrogen and oxygen atoms in total. The van der Waals surface area contributed by atoms with E-state index in [0.29, 0.717) is 12.1 Å². The molecule has 0 aromatic heterocycles. The molecule has 0 spiro atoms. The van der Waals surface area contributed by atoms with Gasteiger partial charge in [0.05, 0.1) is 0 Å². The molecule has 1 saturated heterocycles. The lowest BCUT2D eigenvalue weighted by Crippen LogP contribution is -2.45. The molecule has 19 heavy (non-hydrogen) atoms. The van der Waals surface area contributed by atoms with Crippen LogP contribution in [0.25, 0.3) is 0 Å². The molecular weight excluding hydrogens is 232 g/mol. The second-order valence-electron chi connectivity index (χ2n) is 6.30. The summed E-state index contributed by atoms with van der Waals surface area (Å²) >= 11 is 0. The third-order valence-electron chi connectivity index (χ3n) is 4.97. The zero-order chi connectivity index (χ0) is 13.1. The second-order valence-corrected chi connectivity index (χ2v) is 6.30. The molecular formula is C17H26N2. The maximum Gasteiger partial charge on any atom is 0.0279 e. The van der Waals surface area contributed by atoms with E-state index < -0.39 is 0 Å². The zero-order valence-corrected chi connectivity index (χ0v) is 11.8. The van der Waals surface area contributed by atoms with Crippen LogP contribution in [0.15, 0.2) is 30.3 Å². The van der Waals surface area contributed by atoms with E-state index in [1.807, 2.05) is 0 Å². The summed E-state index contributed by atoms with van der Waals surface area (Å²) in [4.78, 5) is 2.65. The van der Waals surface area contributed by atoms with Gasteiger partial charge in [-0.1, -0.05) is 49.6 Å². The fourth-order valence-corrected chi connectivity index (χ4v) is 4.03. The van der Waals surface area contributed by atoms with Crippen molar-refractivity contribution in [2.75, 3.05) is 6.54 Å². The fourth-order valence-electron chi connectivity index (χ4n) is 4.03. The van der Waals surface area contributed by atoms with Crippen LogP contribution in [-0.2, 0) is 6.54 Å². The van der Waals surface area contributed by atoms with Gasteiger partial charge in [0.25, 0.3) is 0 Å². The molecule has 0 bridgehead atoms. The number of hydrogen-bond acceptors (Lipinski definition) is 2. The quantitative estimate of drug-likeness (QED) is 0.902. The molecule has 0 radical (unpaired) electrons. The largest absolute Gasteiger partial charge is 0.326 e. The number of nitrogens with two attached hydrogens (primary N) is 1. The van der Waals surface area contributed by atoms with Gasteiger partial charge in [0.15, 0.2) is 0 Å². The van der Waals surface area contributed by atoms with Crippen molar-refractivity contribution in [2.45, 2.75) is 57.2 Å².